The highest BCUT2D eigenvalue weighted by molar-refractivity contribution is 6.21. The van der Waals surface area contributed by atoms with Crippen LogP contribution in [0.3, 0.4) is 0 Å². The third-order valence-electron chi connectivity index (χ3n) is 3.79. The summed E-state index contributed by atoms with van der Waals surface area (Å²) in [5, 5.41) is 2.37. The van der Waals surface area contributed by atoms with E-state index in [-0.39, 0.29) is 17.6 Å². The lowest BCUT2D eigenvalue weighted by molar-refractivity contribution is 0.214. The molecule has 2 aromatic rings. The van der Waals surface area contributed by atoms with Crippen LogP contribution in [-0.4, -0.2) is 17.6 Å². The molecule has 0 aromatic heterocycles. The van der Waals surface area contributed by atoms with Crippen molar-refractivity contribution in [3.05, 3.63) is 35.9 Å². The van der Waals surface area contributed by atoms with Crippen molar-refractivity contribution in [3.8, 4) is 11.5 Å². The Labute approximate surface area is 138 Å². The number of rotatable bonds is 6. The molecule has 3 heteroatoms. The highest BCUT2D eigenvalue weighted by atomic mass is 35.5. The van der Waals surface area contributed by atoms with E-state index in [1.807, 2.05) is 32.9 Å². The number of halogens is 1. The quantitative estimate of drug-likeness (QED) is 0.634. The van der Waals surface area contributed by atoms with Crippen LogP contribution in [0.15, 0.2) is 30.3 Å². The van der Waals surface area contributed by atoms with Gasteiger partial charge in [-0.05, 0) is 68.7 Å². The number of benzene rings is 2. The van der Waals surface area contributed by atoms with E-state index in [1.165, 1.54) is 5.39 Å². The van der Waals surface area contributed by atoms with Crippen molar-refractivity contribution in [3.63, 3.8) is 0 Å². The second kappa shape index (κ2) is 7.23. The van der Waals surface area contributed by atoms with Crippen LogP contribution < -0.4 is 9.47 Å². The summed E-state index contributed by atoms with van der Waals surface area (Å²) in [6.07, 6.45) is 1.06. The van der Waals surface area contributed by atoms with Gasteiger partial charge in [0, 0.05) is 0 Å². The fourth-order valence-corrected chi connectivity index (χ4v) is 2.57. The zero-order valence-corrected chi connectivity index (χ0v) is 14.8. The summed E-state index contributed by atoms with van der Waals surface area (Å²) < 4.78 is 11.8. The topological polar surface area (TPSA) is 18.5 Å². The molecule has 0 aliphatic rings. The minimum absolute atomic E-state index is 0.00578. The molecule has 2 aromatic carbocycles. The van der Waals surface area contributed by atoms with Gasteiger partial charge in [-0.1, -0.05) is 19.1 Å². The lowest BCUT2D eigenvalue weighted by atomic mass is 10.0. The zero-order chi connectivity index (χ0) is 16.3. The van der Waals surface area contributed by atoms with Crippen LogP contribution in [0.5, 0.6) is 11.5 Å². The molecule has 2 nitrogen and oxygen atoms in total. The first-order valence-corrected chi connectivity index (χ1v) is 8.36. The van der Waals surface area contributed by atoms with Gasteiger partial charge in [-0.25, -0.2) is 0 Å². The summed E-state index contributed by atoms with van der Waals surface area (Å²) in [5.41, 5.74) is 1.16. The first kappa shape index (κ1) is 17.0. The Morgan fingerprint density at radius 1 is 1.05 bits per heavy atom. The Morgan fingerprint density at radius 3 is 2.41 bits per heavy atom. The summed E-state index contributed by atoms with van der Waals surface area (Å²) in [7, 11) is 0. The maximum absolute atomic E-state index is 6.24. The molecule has 0 saturated heterocycles. The lowest BCUT2D eigenvalue weighted by Crippen LogP contribution is -2.23. The molecule has 0 spiro atoms. The van der Waals surface area contributed by atoms with Crippen LogP contribution in [0.4, 0.5) is 0 Å². The molecular formula is C19H25ClO2. The number of fused-ring (bicyclic) bond motifs is 1. The van der Waals surface area contributed by atoms with Crippen molar-refractivity contribution in [2.24, 2.45) is 0 Å². The third kappa shape index (κ3) is 3.86. The van der Waals surface area contributed by atoms with Crippen molar-refractivity contribution in [1.29, 1.82) is 0 Å². The second-order valence-corrected chi connectivity index (χ2v) is 6.55. The van der Waals surface area contributed by atoms with Crippen molar-refractivity contribution < 1.29 is 9.47 Å². The fraction of sp³-hybridized carbons (Fsp3) is 0.474. The minimum Gasteiger partial charge on any atom is -0.491 e. The molecule has 0 aliphatic heterocycles. The van der Waals surface area contributed by atoms with Crippen LogP contribution in [0, 0.1) is 6.92 Å². The summed E-state index contributed by atoms with van der Waals surface area (Å²) in [6.45, 7) is 10.2. The Bertz CT molecular complexity index is 637. The monoisotopic (exact) mass is 320 g/mol. The largest absolute Gasteiger partial charge is 0.491 e. The van der Waals surface area contributed by atoms with Gasteiger partial charge in [0.2, 0.25) is 0 Å². The Kier molecular flexibility index (Phi) is 5.57. The van der Waals surface area contributed by atoms with Crippen molar-refractivity contribution in [1.82, 2.24) is 0 Å². The van der Waals surface area contributed by atoms with Gasteiger partial charge in [0.25, 0.3) is 0 Å². The zero-order valence-electron chi connectivity index (χ0n) is 14.0. The molecule has 2 unspecified atom stereocenters. The molecule has 0 radical (unpaired) electrons. The van der Waals surface area contributed by atoms with Crippen molar-refractivity contribution in [2.45, 2.75) is 58.6 Å². The average Bonchev–Trinajstić information content (AvgIpc) is 2.49. The predicted molar refractivity (Wildman–Crippen MR) is 94.5 cm³/mol. The molecule has 0 amide bonds. The van der Waals surface area contributed by atoms with E-state index in [4.69, 9.17) is 21.1 Å². The Hall–Kier alpha value is -1.41. The van der Waals surface area contributed by atoms with Gasteiger partial charge in [0.15, 0.2) is 0 Å². The number of aryl methyl sites for hydroxylation is 1. The highest BCUT2D eigenvalue weighted by Gasteiger charge is 2.14. The SMILES string of the molecule is CCC(Cl)C(C)Oc1ccc2c(C)c(OC(C)C)ccc2c1. The van der Waals surface area contributed by atoms with Crippen LogP contribution >= 0.6 is 11.6 Å². The smallest absolute Gasteiger partial charge is 0.123 e. The first-order valence-electron chi connectivity index (χ1n) is 7.93. The van der Waals surface area contributed by atoms with Gasteiger partial charge in [-0.15, -0.1) is 11.6 Å². The third-order valence-corrected chi connectivity index (χ3v) is 4.46. The standard InChI is InChI=1S/C19H25ClO2/c1-6-18(20)14(5)22-16-8-9-17-13(4)19(21-12(2)3)10-7-15(17)11-16/h7-12,14,18H,6H2,1-5H3. The molecule has 120 valence electrons. The van der Waals surface area contributed by atoms with E-state index in [1.54, 1.807) is 0 Å². The van der Waals surface area contributed by atoms with Gasteiger partial charge < -0.3 is 9.47 Å². The van der Waals surface area contributed by atoms with Gasteiger partial charge in [0.05, 0.1) is 11.5 Å². The fourth-order valence-electron chi connectivity index (χ4n) is 2.52. The number of hydrogen-bond acceptors (Lipinski definition) is 2. The summed E-state index contributed by atoms with van der Waals surface area (Å²) >= 11 is 6.24. The maximum atomic E-state index is 6.24. The van der Waals surface area contributed by atoms with E-state index >= 15 is 0 Å². The van der Waals surface area contributed by atoms with Crippen molar-refractivity contribution in [2.75, 3.05) is 0 Å². The van der Waals surface area contributed by atoms with Crippen LogP contribution in [-0.2, 0) is 0 Å². The Balaban J connectivity index is 2.28. The summed E-state index contributed by atoms with van der Waals surface area (Å²) in [4.78, 5) is 0. The molecule has 0 saturated carbocycles. The van der Waals surface area contributed by atoms with E-state index in [0.29, 0.717) is 0 Å². The predicted octanol–water partition coefficient (Wildman–Crippen LogP) is 5.72. The van der Waals surface area contributed by atoms with Crippen molar-refractivity contribution >= 4 is 22.4 Å². The van der Waals surface area contributed by atoms with E-state index < -0.39 is 0 Å². The minimum atomic E-state index is -0.00578. The van der Waals surface area contributed by atoms with E-state index in [0.717, 1.165) is 28.9 Å². The lowest BCUT2D eigenvalue weighted by Gasteiger charge is -2.19. The molecule has 2 atom stereocenters. The summed E-state index contributed by atoms with van der Waals surface area (Å²) in [6, 6.07) is 10.3. The first-order chi connectivity index (χ1) is 10.4. The van der Waals surface area contributed by atoms with Crippen LogP contribution in [0.25, 0.3) is 10.8 Å². The number of ether oxygens (including phenoxy) is 2. The van der Waals surface area contributed by atoms with Gasteiger partial charge in [-0.3, -0.25) is 0 Å². The van der Waals surface area contributed by atoms with Gasteiger partial charge in [-0.2, -0.15) is 0 Å². The molecule has 0 N–H and O–H groups in total. The van der Waals surface area contributed by atoms with Gasteiger partial charge >= 0.3 is 0 Å². The van der Waals surface area contributed by atoms with Crippen LogP contribution in [0.1, 0.15) is 39.7 Å². The Morgan fingerprint density at radius 2 is 1.77 bits per heavy atom. The normalized spacial score (nSPS) is 14.1. The number of alkyl halides is 1. The number of hydrogen-bond donors (Lipinski definition) is 0. The molecule has 0 fully saturated rings. The average molecular weight is 321 g/mol. The van der Waals surface area contributed by atoms with E-state index in [9.17, 15) is 0 Å². The summed E-state index contributed by atoms with van der Waals surface area (Å²) in [5.74, 6) is 1.80. The molecule has 0 bridgehead atoms. The molecule has 0 aliphatic carbocycles. The van der Waals surface area contributed by atoms with Crippen LogP contribution in [0.2, 0.25) is 0 Å². The molecule has 0 heterocycles. The maximum Gasteiger partial charge on any atom is 0.123 e. The van der Waals surface area contributed by atoms with Gasteiger partial charge in [0.1, 0.15) is 17.6 Å². The molecule has 2 rings (SSSR count). The molecule has 22 heavy (non-hydrogen) atoms. The molecular weight excluding hydrogens is 296 g/mol. The highest BCUT2D eigenvalue weighted by Crippen LogP contribution is 2.31. The second-order valence-electron chi connectivity index (χ2n) is 5.99. The van der Waals surface area contributed by atoms with E-state index in [2.05, 4.69) is 32.0 Å².